The van der Waals surface area contributed by atoms with Crippen LogP contribution in [0.4, 0.5) is 4.39 Å². The number of ether oxygens (including phenoxy) is 1. The summed E-state index contributed by atoms with van der Waals surface area (Å²) in [7, 11) is 0. The van der Waals surface area contributed by atoms with Crippen molar-refractivity contribution in [2.24, 2.45) is 5.73 Å². The third-order valence-electron chi connectivity index (χ3n) is 2.03. The van der Waals surface area contributed by atoms with Gasteiger partial charge in [-0.1, -0.05) is 0 Å². The van der Waals surface area contributed by atoms with E-state index in [0.717, 1.165) is 0 Å². The van der Waals surface area contributed by atoms with E-state index in [-0.39, 0.29) is 5.82 Å². The fourth-order valence-corrected chi connectivity index (χ4v) is 1.18. The van der Waals surface area contributed by atoms with Crippen LogP contribution in [0.2, 0.25) is 0 Å². The quantitative estimate of drug-likeness (QED) is 0.749. The second-order valence-corrected chi connectivity index (χ2v) is 3.32. The average molecular weight is 213 g/mol. The van der Waals surface area contributed by atoms with Gasteiger partial charge in [0.15, 0.2) is 0 Å². The van der Waals surface area contributed by atoms with E-state index in [9.17, 15) is 9.50 Å². The summed E-state index contributed by atoms with van der Waals surface area (Å²) in [6.45, 7) is 0.879. The van der Waals surface area contributed by atoms with Crippen LogP contribution in [0.15, 0.2) is 24.3 Å². The van der Waals surface area contributed by atoms with E-state index in [0.29, 0.717) is 31.7 Å². The van der Waals surface area contributed by atoms with Crippen molar-refractivity contribution in [3.63, 3.8) is 0 Å². The summed E-state index contributed by atoms with van der Waals surface area (Å²) in [5.41, 5.74) is 5.29. The van der Waals surface area contributed by atoms with E-state index in [1.807, 2.05) is 0 Å². The molecule has 1 unspecified atom stereocenters. The average Bonchev–Trinajstić information content (AvgIpc) is 2.21. The molecule has 0 amide bonds. The first kappa shape index (κ1) is 11.9. The Bertz CT molecular complexity index is 276. The van der Waals surface area contributed by atoms with Crippen LogP contribution in [0.5, 0.6) is 5.75 Å². The lowest BCUT2D eigenvalue weighted by atomic mass is 10.2. The standard InChI is InChI=1S/C11H16FNO2/c12-9-1-3-11(4-2-9)15-8-6-10(14)5-7-13/h1-4,10,14H,5-8,13H2. The Balaban J connectivity index is 2.22. The molecule has 1 rings (SSSR count). The Hall–Kier alpha value is -1.13. The Kier molecular flexibility index (Phi) is 5.07. The van der Waals surface area contributed by atoms with Gasteiger partial charge in [0.2, 0.25) is 0 Å². The minimum atomic E-state index is -0.421. The Morgan fingerprint density at radius 2 is 1.93 bits per heavy atom. The Labute approximate surface area is 88.7 Å². The van der Waals surface area contributed by atoms with Crippen LogP contribution in [0.3, 0.4) is 0 Å². The highest BCUT2D eigenvalue weighted by Crippen LogP contribution is 2.11. The molecular weight excluding hydrogens is 197 g/mol. The highest BCUT2D eigenvalue weighted by atomic mass is 19.1. The van der Waals surface area contributed by atoms with Gasteiger partial charge in [0.25, 0.3) is 0 Å². The molecule has 0 saturated heterocycles. The number of aliphatic hydroxyl groups excluding tert-OH is 1. The SMILES string of the molecule is NCCC(O)CCOc1ccc(F)cc1. The maximum atomic E-state index is 12.5. The highest BCUT2D eigenvalue weighted by Gasteiger charge is 2.02. The molecule has 4 heteroatoms. The highest BCUT2D eigenvalue weighted by molar-refractivity contribution is 5.21. The molecule has 0 fully saturated rings. The smallest absolute Gasteiger partial charge is 0.123 e. The molecule has 0 aliphatic heterocycles. The third-order valence-corrected chi connectivity index (χ3v) is 2.03. The minimum absolute atomic E-state index is 0.287. The third kappa shape index (κ3) is 4.76. The van der Waals surface area contributed by atoms with Gasteiger partial charge in [0.1, 0.15) is 11.6 Å². The van der Waals surface area contributed by atoms with Crippen molar-refractivity contribution in [2.75, 3.05) is 13.2 Å². The van der Waals surface area contributed by atoms with Crippen LogP contribution in [-0.4, -0.2) is 24.4 Å². The number of nitrogens with two attached hydrogens (primary N) is 1. The molecule has 0 saturated carbocycles. The lowest BCUT2D eigenvalue weighted by molar-refractivity contribution is 0.133. The fraction of sp³-hybridized carbons (Fsp3) is 0.455. The molecule has 0 spiro atoms. The summed E-state index contributed by atoms with van der Waals surface area (Å²) in [6.07, 6.45) is 0.692. The fourth-order valence-electron chi connectivity index (χ4n) is 1.18. The topological polar surface area (TPSA) is 55.5 Å². The lowest BCUT2D eigenvalue weighted by Crippen LogP contribution is -2.16. The maximum absolute atomic E-state index is 12.5. The van der Waals surface area contributed by atoms with Crippen molar-refractivity contribution in [1.29, 1.82) is 0 Å². The monoisotopic (exact) mass is 213 g/mol. The zero-order valence-corrected chi connectivity index (χ0v) is 8.53. The normalized spacial score (nSPS) is 12.5. The molecule has 0 radical (unpaired) electrons. The van der Waals surface area contributed by atoms with Crippen LogP contribution in [0.1, 0.15) is 12.8 Å². The number of benzene rings is 1. The Morgan fingerprint density at radius 3 is 2.53 bits per heavy atom. The van der Waals surface area contributed by atoms with E-state index >= 15 is 0 Å². The minimum Gasteiger partial charge on any atom is -0.493 e. The van der Waals surface area contributed by atoms with Gasteiger partial charge in [-0.3, -0.25) is 0 Å². The molecule has 0 heterocycles. The van der Waals surface area contributed by atoms with Crippen molar-refractivity contribution < 1.29 is 14.2 Å². The van der Waals surface area contributed by atoms with Crippen LogP contribution >= 0.6 is 0 Å². The van der Waals surface area contributed by atoms with E-state index in [1.165, 1.54) is 12.1 Å². The first-order chi connectivity index (χ1) is 7.22. The summed E-state index contributed by atoms with van der Waals surface area (Å²) in [4.78, 5) is 0. The van der Waals surface area contributed by atoms with Gasteiger partial charge in [-0.15, -0.1) is 0 Å². The molecule has 84 valence electrons. The molecule has 0 bridgehead atoms. The molecule has 15 heavy (non-hydrogen) atoms. The van der Waals surface area contributed by atoms with Crippen LogP contribution < -0.4 is 10.5 Å². The molecule has 3 nitrogen and oxygen atoms in total. The van der Waals surface area contributed by atoms with Crippen LogP contribution in [-0.2, 0) is 0 Å². The van der Waals surface area contributed by atoms with Gasteiger partial charge in [0, 0.05) is 6.42 Å². The van der Waals surface area contributed by atoms with Gasteiger partial charge < -0.3 is 15.6 Å². The number of rotatable bonds is 6. The van der Waals surface area contributed by atoms with Crippen LogP contribution in [0, 0.1) is 5.82 Å². The van der Waals surface area contributed by atoms with Crippen molar-refractivity contribution in [2.45, 2.75) is 18.9 Å². The maximum Gasteiger partial charge on any atom is 0.123 e. The Morgan fingerprint density at radius 1 is 1.27 bits per heavy atom. The molecule has 0 aliphatic rings. The first-order valence-corrected chi connectivity index (χ1v) is 4.99. The summed E-state index contributed by atoms with van der Waals surface area (Å²) in [5.74, 6) is 0.321. The van der Waals surface area contributed by atoms with Gasteiger partial charge in [-0.05, 0) is 37.2 Å². The molecule has 0 aliphatic carbocycles. The number of hydrogen-bond acceptors (Lipinski definition) is 3. The summed E-state index contributed by atoms with van der Waals surface area (Å²) in [5, 5.41) is 9.35. The van der Waals surface area contributed by atoms with Gasteiger partial charge in [-0.25, -0.2) is 4.39 Å². The second kappa shape index (κ2) is 6.37. The van der Waals surface area contributed by atoms with Crippen LogP contribution in [0.25, 0.3) is 0 Å². The number of aliphatic hydroxyl groups is 1. The predicted molar refractivity (Wildman–Crippen MR) is 56.2 cm³/mol. The zero-order valence-electron chi connectivity index (χ0n) is 8.53. The lowest BCUT2D eigenvalue weighted by Gasteiger charge is -2.10. The molecule has 0 aromatic heterocycles. The zero-order chi connectivity index (χ0) is 11.1. The van der Waals surface area contributed by atoms with E-state index < -0.39 is 6.10 Å². The summed E-state index contributed by atoms with van der Waals surface area (Å²) >= 11 is 0. The van der Waals surface area contributed by atoms with Gasteiger partial charge >= 0.3 is 0 Å². The van der Waals surface area contributed by atoms with Crippen molar-refractivity contribution in [3.8, 4) is 5.75 Å². The number of halogens is 1. The first-order valence-electron chi connectivity index (χ1n) is 4.99. The van der Waals surface area contributed by atoms with Crippen molar-refractivity contribution in [1.82, 2.24) is 0 Å². The van der Waals surface area contributed by atoms with Crippen molar-refractivity contribution in [3.05, 3.63) is 30.1 Å². The molecule has 1 aromatic carbocycles. The predicted octanol–water partition coefficient (Wildman–Crippen LogP) is 1.30. The summed E-state index contributed by atoms with van der Waals surface area (Å²) in [6, 6.07) is 5.80. The van der Waals surface area contributed by atoms with E-state index in [4.69, 9.17) is 10.5 Å². The molecule has 1 atom stereocenters. The van der Waals surface area contributed by atoms with E-state index in [2.05, 4.69) is 0 Å². The molecular formula is C11H16FNO2. The van der Waals surface area contributed by atoms with Crippen molar-refractivity contribution >= 4 is 0 Å². The van der Waals surface area contributed by atoms with Gasteiger partial charge in [-0.2, -0.15) is 0 Å². The molecule has 1 aromatic rings. The van der Waals surface area contributed by atoms with Gasteiger partial charge in [0.05, 0.1) is 12.7 Å². The molecule has 3 N–H and O–H groups in total. The number of hydrogen-bond donors (Lipinski definition) is 2. The summed E-state index contributed by atoms with van der Waals surface area (Å²) < 4.78 is 17.8. The largest absolute Gasteiger partial charge is 0.493 e. The second-order valence-electron chi connectivity index (χ2n) is 3.32. The van der Waals surface area contributed by atoms with E-state index in [1.54, 1.807) is 12.1 Å².